The summed E-state index contributed by atoms with van der Waals surface area (Å²) in [6.45, 7) is 7.60. The Kier molecular flexibility index (Phi) is 5.30. The first-order chi connectivity index (χ1) is 10.2. The molecule has 0 saturated carbocycles. The topological polar surface area (TPSA) is 98.0 Å². The molecule has 2 aromatic rings. The van der Waals surface area contributed by atoms with Crippen molar-refractivity contribution in [3.8, 4) is 6.01 Å². The molecule has 0 aliphatic heterocycles. The summed E-state index contributed by atoms with van der Waals surface area (Å²) in [7, 11) is 0. The highest BCUT2D eigenvalue weighted by Crippen LogP contribution is 2.12. The number of hydrogen-bond donors (Lipinski definition) is 2. The fourth-order valence-electron chi connectivity index (χ4n) is 1.60. The molecule has 0 aliphatic rings. The van der Waals surface area contributed by atoms with Gasteiger partial charge in [0, 0.05) is 12.6 Å². The molecule has 0 amide bonds. The third-order valence-corrected chi connectivity index (χ3v) is 2.48. The van der Waals surface area contributed by atoms with Gasteiger partial charge in [-0.25, -0.2) is 0 Å². The van der Waals surface area contributed by atoms with Crippen LogP contribution in [0.25, 0.3) is 0 Å². The van der Waals surface area contributed by atoms with E-state index in [4.69, 9.17) is 9.26 Å². The van der Waals surface area contributed by atoms with E-state index < -0.39 is 0 Å². The third kappa shape index (κ3) is 4.59. The predicted octanol–water partition coefficient (Wildman–Crippen LogP) is 2.00. The number of hydrogen-bond acceptors (Lipinski definition) is 8. The van der Waals surface area contributed by atoms with Gasteiger partial charge >= 0.3 is 6.01 Å². The van der Waals surface area contributed by atoms with Crippen molar-refractivity contribution in [2.75, 3.05) is 23.8 Å². The molecule has 8 nitrogen and oxygen atoms in total. The highest BCUT2D eigenvalue weighted by atomic mass is 16.5. The number of aromatic nitrogens is 4. The summed E-state index contributed by atoms with van der Waals surface area (Å²) in [6, 6.07) is 2.16. The van der Waals surface area contributed by atoms with Crippen molar-refractivity contribution < 1.29 is 9.26 Å². The molecule has 21 heavy (non-hydrogen) atoms. The monoisotopic (exact) mass is 292 g/mol. The Morgan fingerprint density at radius 2 is 1.90 bits per heavy atom. The number of ether oxygens (including phenoxy) is 1. The zero-order chi connectivity index (χ0) is 15.1. The molecule has 0 saturated heterocycles. The zero-order valence-electron chi connectivity index (χ0n) is 12.5. The van der Waals surface area contributed by atoms with Gasteiger partial charge in [0.1, 0.15) is 0 Å². The number of nitrogens with one attached hydrogen (secondary N) is 2. The SMILES string of the molecule is CCCOc1nc(NCC)nc(NCc2cc(C)no2)n1. The van der Waals surface area contributed by atoms with Gasteiger partial charge in [-0.2, -0.15) is 15.0 Å². The van der Waals surface area contributed by atoms with Crippen LogP contribution in [0.2, 0.25) is 0 Å². The van der Waals surface area contributed by atoms with Gasteiger partial charge in [-0.3, -0.25) is 0 Å². The maximum Gasteiger partial charge on any atom is 0.323 e. The molecule has 8 heteroatoms. The van der Waals surface area contributed by atoms with Crippen molar-refractivity contribution in [1.82, 2.24) is 20.1 Å². The van der Waals surface area contributed by atoms with Gasteiger partial charge in [0.2, 0.25) is 11.9 Å². The lowest BCUT2D eigenvalue weighted by Gasteiger charge is -2.08. The summed E-state index contributed by atoms with van der Waals surface area (Å²) < 4.78 is 10.6. The van der Waals surface area contributed by atoms with Gasteiger partial charge in [0.15, 0.2) is 5.76 Å². The van der Waals surface area contributed by atoms with Crippen LogP contribution < -0.4 is 15.4 Å². The van der Waals surface area contributed by atoms with Crippen molar-refractivity contribution >= 4 is 11.9 Å². The van der Waals surface area contributed by atoms with Crippen molar-refractivity contribution in [3.63, 3.8) is 0 Å². The number of rotatable bonds is 8. The van der Waals surface area contributed by atoms with Gasteiger partial charge in [-0.1, -0.05) is 12.1 Å². The van der Waals surface area contributed by atoms with E-state index in [-0.39, 0.29) is 0 Å². The van der Waals surface area contributed by atoms with Crippen LogP contribution in [0.1, 0.15) is 31.7 Å². The van der Waals surface area contributed by atoms with Crippen LogP contribution in [0.5, 0.6) is 6.01 Å². The fraction of sp³-hybridized carbons (Fsp3) is 0.538. The van der Waals surface area contributed by atoms with E-state index in [0.717, 1.165) is 18.7 Å². The molecule has 0 radical (unpaired) electrons. The molecule has 0 aromatic carbocycles. The average molecular weight is 292 g/mol. The Labute approximate surface area is 123 Å². The van der Waals surface area contributed by atoms with Crippen molar-refractivity contribution in [2.45, 2.75) is 33.7 Å². The van der Waals surface area contributed by atoms with Crippen LogP contribution in [0, 0.1) is 6.92 Å². The Morgan fingerprint density at radius 1 is 1.14 bits per heavy atom. The molecule has 0 aliphatic carbocycles. The van der Waals surface area contributed by atoms with Crippen molar-refractivity contribution in [2.24, 2.45) is 0 Å². The Balaban J connectivity index is 2.07. The maximum absolute atomic E-state index is 5.46. The molecule has 0 spiro atoms. The summed E-state index contributed by atoms with van der Waals surface area (Å²) in [6.07, 6.45) is 0.891. The van der Waals surface area contributed by atoms with Gasteiger partial charge in [-0.05, 0) is 20.3 Å². The number of anilines is 2. The predicted molar refractivity (Wildman–Crippen MR) is 78.3 cm³/mol. The molecule has 0 atom stereocenters. The first-order valence-corrected chi connectivity index (χ1v) is 7.00. The molecule has 2 rings (SSSR count). The fourth-order valence-corrected chi connectivity index (χ4v) is 1.60. The second-order valence-corrected chi connectivity index (χ2v) is 4.43. The van der Waals surface area contributed by atoms with Crippen molar-refractivity contribution in [3.05, 3.63) is 17.5 Å². The summed E-state index contributed by atoms with van der Waals surface area (Å²) >= 11 is 0. The average Bonchev–Trinajstić information content (AvgIpc) is 2.89. The van der Waals surface area contributed by atoms with E-state index in [1.165, 1.54) is 0 Å². The van der Waals surface area contributed by atoms with Gasteiger partial charge in [-0.15, -0.1) is 0 Å². The lowest BCUT2D eigenvalue weighted by atomic mass is 10.4. The smallest absolute Gasteiger partial charge is 0.323 e. The zero-order valence-corrected chi connectivity index (χ0v) is 12.5. The van der Waals surface area contributed by atoms with Crippen LogP contribution >= 0.6 is 0 Å². The molecule has 0 fully saturated rings. The molecular weight excluding hydrogens is 272 g/mol. The van der Waals surface area contributed by atoms with Gasteiger partial charge in [0.25, 0.3) is 0 Å². The van der Waals surface area contributed by atoms with E-state index in [9.17, 15) is 0 Å². The van der Waals surface area contributed by atoms with E-state index >= 15 is 0 Å². The summed E-state index contributed by atoms with van der Waals surface area (Å²) in [5.74, 6) is 1.63. The highest BCUT2D eigenvalue weighted by Gasteiger charge is 2.08. The largest absolute Gasteiger partial charge is 0.463 e. The molecule has 114 valence electrons. The minimum atomic E-state index is 0.305. The summed E-state index contributed by atoms with van der Waals surface area (Å²) in [5, 5.41) is 9.95. The van der Waals surface area contributed by atoms with Crippen LogP contribution in [-0.4, -0.2) is 33.3 Å². The van der Waals surface area contributed by atoms with E-state index in [1.807, 2.05) is 26.8 Å². The molecule has 2 heterocycles. The molecular formula is C13H20N6O2. The van der Waals surface area contributed by atoms with Gasteiger partial charge in [0.05, 0.1) is 18.8 Å². The van der Waals surface area contributed by atoms with E-state index in [2.05, 4.69) is 30.7 Å². The van der Waals surface area contributed by atoms with Crippen LogP contribution in [0.15, 0.2) is 10.6 Å². The van der Waals surface area contributed by atoms with Crippen LogP contribution in [0.3, 0.4) is 0 Å². The van der Waals surface area contributed by atoms with E-state index in [0.29, 0.717) is 36.8 Å². The molecule has 0 bridgehead atoms. The lowest BCUT2D eigenvalue weighted by Crippen LogP contribution is -2.11. The molecule has 0 unspecified atom stereocenters. The highest BCUT2D eigenvalue weighted by molar-refractivity contribution is 5.36. The Bertz CT molecular complexity index is 572. The normalized spacial score (nSPS) is 10.4. The standard InChI is InChI=1S/C13H20N6O2/c1-4-6-20-13-17-11(14-5-2)16-12(18-13)15-8-10-7-9(3)19-21-10/h7H,4-6,8H2,1-3H3,(H2,14,15,16,17,18). The summed E-state index contributed by atoms with van der Waals surface area (Å²) in [5.41, 5.74) is 0.836. The first kappa shape index (κ1) is 15.0. The molecule has 2 aromatic heterocycles. The Hall–Kier alpha value is -2.38. The minimum absolute atomic E-state index is 0.305. The van der Waals surface area contributed by atoms with E-state index in [1.54, 1.807) is 0 Å². The maximum atomic E-state index is 5.46. The number of aryl methyl sites for hydroxylation is 1. The Morgan fingerprint density at radius 3 is 2.52 bits per heavy atom. The molecule has 2 N–H and O–H groups in total. The third-order valence-electron chi connectivity index (χ3n) is 2.48. The van der Waals surface area contributed by atoms with Crippen LogP contribution in [0.4, 0.5) is 11.9 Å². The minimum Gasteiger partial charge on any atom is -0.463 e. The van der Waals surface area contributed by atoms with Crippen LogP contribution in [-0.2, 0) is 6.54 Å². The quantitative estimate of drug-likeness (QED) is 0.762. The second-order valence-electron chi connectivity index (χ2n) is 4.43. The first-order valence-electron chi connectivity index (χ1n) is 7.00. The van der Waals surface area contributed by atoms with Gasteiger partial charge < -0.3 is 19.9 Å². The lowest BCUT2D eigenvalue weighted by molar-refractivity contribution is 0.292. The van der Waals surface area contributed by atoms with Crippen molar-refractivity contribution in [1.29, 1.82) is 0 Å². The number of nitrogens with zero attached hydrogens (tertiary/aromatic N) is 4. The second kappa shape index (κ2) is 7.41. The summed E-state index contributed by atoms with van der Waals surface area (Å²) in [4.78, 5) is 12.7.